The van der Waals surface area contributed by atoms with Crippen LogP contribution in [0.4, 0.5) is 0 Å². The normalized spacial score (nSPS) is 17.0. The first-order valence-electron chi connectivity index (χ1n) is 6.84. The molecule has 2 rings (SSSR count). The lowest BCUT2D eigenvalue weighted by atomic mass is 10.1. The van der Waals surface area contributed by atoms with Crippen molar-refractivity contribution in [3.8, 4) is 0 Å². The van der Waals surface area contributed by atoms with Gasteiger partial charge in [-0.25, -0.2) is 17.5 Å². The standard InChI is InChI=1S/C14H16N2O6S/c1-8(2)12(14(19)20)15-11(17)7-16-13(18)9-5-3-4-6-10(9)23(16,21)22/h3-6,8,12H,7H2,1-2H3,(H,15,17)(H,19,20). The highest BCUT2D eigenvalue weighted by molar-refractivity contribution is 7.90. The first kappa shape index (κ1) is 16.9. The van der Waals surface area contributed by atoms with Crippen LogP contribution in [-0.4, -0.2) is 48.2 Å². The molecule has 2 amide bonds. The molecule has 0 saturated carbocycles. The average molecular weight is 340 g/mol. The molecule has 1 unspecified atom stereocenters. The summed E-state index contributed by atoms with van der Waals surface area (Å²) in [7, 11) is -4.09. The van der Waals surface area contributed by atoms with Gasteiger partial charge in [0.15, 0.2) is 0 Å². The van der Waals surface area contributed by atoms with Crippen molar-refractivity contribution in [2.45, 2.75) is 24.8 Å². The molecule has 0 fully saturated rings. The van der Waals surface area contributed by atoms with E-state index >= 15 is 0 Å². The van der Waals surface area contributed by atoms with Crippen molar-refractivity contribution in [1.29, 1.82) is 0 Å². The summed E-state index contributed by atoms with van der Waals surface area (Å²) in [6.45, 7) is 2.45. The fourth-order valence-electron chi connectivity index (χ4n) is 2.25. The number of amides is 2. The van der Waals surface area contributed by atoms with Crippen molar-refractivity contribution in [2.75, 3.05) is 6.54 Å². The second-order valence-corrected chi connectivity index (χ2v) is 7.27. The van der Waals surface area contributed by atoms with Gasteiger partial charge in [-0.15, -0.1) is 0 Å². The van der Waals surface area contributed by atoms with Crippen LogP contribution in [0, 0.1) is 5.92 Å². The molecule has 0 bridgehead atoms. The number of sulfonamides is 1. The van der Waals surface area contributed by atoms with Gasteiger partial charge in [-0.05, 0) is 18.1 Å². The summed E-state index contributed by atoms with van der Waals surface area (Å²) in [4.78, 5) is 35.0. The maximum absolute atomic E-state index is 12.3. The van der Waals surface area contributed by atoms with Crippen LogP contribution >= 0.6 is 0 Å². The zero-order valence-electron chi connectivity index (χ0n) is 12.5. The van der Waals surface area contributed by atoms with Crippen LogP contribution in [0.15, 0.2) is 29.2 Å². The van der Waals surface area contributed by atoms with Gasteiger partial charge in [0, 0.05) is 0 Å². The van der Waals surface area contributed by atoms with Gasteiger partial charge < -0.3 is 10.4 Å². The molecule has 0 aliphatic carbocycles. The van der Waals surface area contributed by atoms with Crippen LogP contribution in [0.25, 0.3) is 0 Å². The Morgan fingerprint density at radius 1 is 1.26 bits per heavy atom. The summed E-state index contributed by atoms with van der Waals surface area (Å²) >= 11 is 0. The zero-order chi connectivity index (χ0) is 17.4. The number of hydrogen-bond acceptors (Lipinski definition) is 5. The molecule has 23 heavy (non-hydrogen) atoms. The average Bonchev–Trinajstić information content (AvgIpc) is 2.66. The number of carbonyl (C=O) groups is 3. The lowest BCUT2D eigenvalue weighted by Crippen LogP contribution is -2.49. The molecule has 1 aromatic carbocycles. The molecule has 1 aromatic rings. The summed E-state index contributed by atoms with van der Waals surface area (Å²) in [5.74, 6) is -3.27. The van der Waals surface area contributed by atoms with Crippen LogP contribution in [-0.2, 0) is 19.6 Å². The highest BCUT2D eigenvalue weighted by Crippen LogP contribution is 2.29. The fourth-order valence-corrected chi connectivity index (χ4v) is 3.78. The molecule has 9 heteroatoms. The predicted octanol–water partition coefficient (Wildman–Crippen LogP) is 0.0565. The van der Waals surface area contributed by atoms with E-state index in [0.717, 1.165) is 0 Å². The summed E-state index contributed by atoms with van der Waals surface area (Å²) in [5.41, 5.74) is -0.000978. The van der Waals surface area contributed by atoms with Crippen LogP contribution in [0.5, 0.6) is 0 Å². The number of nitrogens with zero attached hydrogens (tertiary/aromatic N) is 1. The number of benzene rings is 1. The number of fused-ring (bicyclic) bond motifs is 1. The van der Waals surface area contributed by atoms with Crippen molar-refractivity contribution in [2.24, 2.45) is 5.92 Å². The maximum Gasteiger partial charge on any atom is 0.326 e. The second kappa shape index (κ2) is 5.99. The maximum atomic E-state index is 12.3. The van der Waals surface area contributed by atoms with Crippen molar-refractivity contribution >= 4 is 27.8 Å². The van der Waals surface area contributed by atoms with Gasteiger partial charge >= 0.3 is 5.97 Å². The van der Waals surface area contributed by atoms with Crippen molar-refractivity contribution < 1.29 is 27.9 Å². The van der Waals surface area contributed by atoms with E-state index in [9.17, 15) is 22.8 Å². The highest BCUT2D eigenvalue weighted by atomic mass is 32.2. The van der Waals surface area contributed by atoms with E-state index < -0.39 is 40.4 Å². The summed E-state index contributed by atoms with van der Waals surface area (Å²) < 4.78 is 25.0. The van der Waals surface area contributed by atoms with Gasteiger partial charge in [-0.1, -0.05) is 26.0 Å². The highest BCUT2D eigenvalue weighted by Gasteiger charge is 2.42. The van der Waals surface area contributed by atoms with E-state index in [4.69, 9.17) is 5.11 Å². The van der Waals surface area contributed by atoms with Crippen LogP contribution in [0.2, 0.25) is 0 Å². The predicted molar refractivity (Wildman–Crippen MR) is 79.1 cm³/mol. The lowest BCUT2D eigenvalue weighted by Gasteiger charge is -2.20. The number of carboxylic acid groups (broad SMARTS) is 1. The molecule has 0 aromatic heterocycles. The molecule has 1 aliphatic heterocycles. The van der Waals surface area contributed by atoms with Crippen LogP contribution in [0.3, 0.4) is 0 Å². The van der Waals surface area contributed by atoms with Gasteiger partial charge in [0.2, 0.25) is 5.91 Å². The molecular weight excluding hydrogens is 324 g/mol. The van der Waals surface area contributed by atoms with Crippen LogP contribution < -0.4 is 5.32 Å². The zero-order valence-corrected chi connectivity index (χ0v) is 13.3. The molecule has 0 radical (unpaired) electrons. The van der Waals surface area contributed by atoms with Gasteiger partial charge in [0.25, 0.3) is 15.9 Å². The summed E-state index contributed by atoms with van der Waals surface area (Å²) in [6, 6.07) is 4.49. The monoisotopic (exact) mass is 340 g/mol. The van der Waals surface area contributed by atoms with E-state index in [1.807, 2.05) is 0 Å². The molecule has 124 valence electrons. The first-order valence-corrected chi connectivity index (χ1v) is 8.28. The summed E-state index contributed by atoms with van der Waals surface area (Å²) in [5, 5.41) is 11.3. The Bertz CT molecular complexity index is 771. The third-order valence-electron chi connectivity index (χ3n) is 3.45. The lowest BCUT2D eigenvalue weighted by molar-refractivity contribution is -0.143. The van der Waals surface area contributed by atoms with Crippen LogP contribution in [0.1, 0.15) is 24.2 Å². The van der Waals surface area contributed by atoms with E-state index in [1.165, 1.54) is 24.3 Å². The Morgan fingerprint density at radius 2 is 1.87 bits per heavy atom. The third-order valence-corrected chi connectivity index (χ3v) is 5.24. The minimum absolute atomic E-state index is 0.000978. The van der Waals surface area contributed by atoms with E-state index in [0.29, 0.717) is 4.31 Å². The van der Waals surface area contributed by atoms with E-state index in [1.54, 1.807) is 13.8 Å². The van der Waals surface area contributed by atoms with Gasteiger partial charge in [0.05, 0.1) is 5.56 Å². The second-order valence-electron chi connectivity index (χ2n) is 5.44. The minimum Gasteiger partial charge on any atom is -0.480 e. The largest absolute Gasteiger partial charge is 0.480 e. The van der Waals surface area contributed by atoms with E-state index in [2.05, 4.69) is 5.32 Å². The molecule has 1 atom stereocenters. The van der Waals surface area contributed by atoms with Gasteiger partial charge in [0.1, 0.15) is 17.5 Å². The quantitative estimate of drug-likeness (QED) is 0.782. The number of hydrogen-bond donors (Lipinski definition) is 2. The van der Waals surface area contributed by atoms with Crippen molar-refractivity contribution in [3.63, 3.8) is 0 Å². The molecule has 2 N–H and O–H groups in total. The Hall–Kier alpha value is -2.42. The van der Waals surface area contributed by atoms with Crippen molar-refractivity contribution in [1.82, 2.24) is 9.62 Å². The number of carboxylic acids is 1. The number of rotatable bonds is 5. The number of aliphatic carboxylic acids is 1. The molecule has 0 spiro atoms. The SMILES string of the molecule is CC(C)C(NC(=O)CN1C(=O)c2ccccc2S1(=O)=O)C(=O)O. The molecule has 1 heterocycles. The minimum atomic E-state index is -4.09. The number of nitrogens with one attached hydrogen (secondary N) is 1. The fraction of sp³-hybridized carbons (Fsp3) is 0.357. The Labute approximate surface area is 133 Å². The first-order chi connectivity index (χ1) is 10.7. The molecular formula is C14H16N2O6S. The topological polar surface area (TPSA) is 121 Å². The Morgan fingerprint density at radius 3 is 2.39 bits per heavy atom. The van der Waals surface area contributed by atoms with Gasteiger partial charge in [-0.2, -0.15) is 0 Å². The Kier molecular flexibility index (Phi) is 4.42. The number of carbonyl (C=O) groups excluding carboxylic acids is 2. The van der Waals surface area contributed by atoms with Crippen molar-refractivity contribution in [3.05, 3.63) is 29.8 Å². The Balaban J connectivity index is 2.20. The molecule has 8 nitrogen and oxygen atoms in total. The third kappa shape index (κ3) is 3.04. The summed E-state index contributed by atoms with van der Waals surface area (Å²) in [6.07, 6.45) is 0. The van der Waals surface area contributed by atoms with E-state index in [-0.39, 0.29) is 16.4 Å². The molecule has 0 saturated heterocycles. The smallest absolute Gasteiger partial charge is 0.326 e. The van der Waals surface area contributed by atoms with Gasteiger partial charge in [-0.3, -0.25) is 9.59 Å². The molecule has 1 aliphatic rings.